The van der Waals surface area contributed by atoms with Gasteiger partial charge < -0.3 is 10.6 Å². The maximum atomic E-state index is 12.0. The number of nitrogens with one attached hydrogen (secondary N) is 2. The third kappa shape index (κ3) is 3.95. The van der Waals surface area contributed by atoms with Gasteiger partial charge in [-0.2, -0.15) is 0 Å². The molecule has 0 aliphatic heterocycles. The predicted octanol–water partition coefficient (Wildman–Crippen LogP) is 2.59. The second kappa shape index (κ2) is 7.36. The molecule has 1 atom stereocenters. The minimum atomic E-state index is -0.229. The Hall–Kier alpha value is -3.22. The van der Waals surface area contributed by atoms with Crippen molar-refractivity contribution < 1.29 is 4.79 Å². The molecule has 0 fully saturated rings. The van der Waals surface area contributed by atoms with Gasteiger partial charge in [-0.15, -0.1) is 5.10 Å². The van der Waals surface area contributed by atoms with Crippen molar-refractivity contribution in [3.8, 4) is 5.69 Å². The van der Waals surface area contributed by atoms with E-state index in [0.717, 1.165) is 5.69 Å². The van der Waals surface area contributed by atoms with E-state index in [1.165, 1.54) is 11.9 Å². The van der Waals surface area contributed by atoms with E-state index < -0.39 is 0 Å². The summed E-state index contributed by atoms with van der Waals surface area (Å²) in [4.78, 5) is 12.0. The van der Waals surface area contributed by atoms with Crippen LogP contribution in [0.1, 0.15) is 18.4 Å². The molecule has 0 saturated heterocycles. The van der Waals surface area contributed by atoms with Crippen LogP contribution >= 0.6 is 0 Å². The van der Waals surface area contributed by atoms with Gasteiger partial charge >= 0.3 is 6.03 Å². The fraction of sp³-hybridized carbons (Fsp3) is 0.176. The smallest absolute Gasteiger partial charge is 0.319 e. The van der Waals surface area contributed by atoms with Crippen molar-refractivity contribution in [2.45, 2.75) is 12.8 Å². The second-order valence-corrected chi connectivity index (χ2v) is 5.45. The van der Waals surface area contributed by atoms with Crippen LogP contribution in [0.15, 0.2) is 60.9 Å². The zero-order valence-electron chi connectivity index (χ0n) is 13.3. The van der Waals surface area contributed by atoms with Gasteiger partial charge in [0.05, 0.1) is 5.69 Å². The zero-order valence-corrected chi connectivity index (χ0v) is 13.3. The van der Waals surface area contributed by atoms with Crippen LogP contribution in [-0.2, 0) is 0 Å². The molecule has 7 heteroatoms. The molecule has 0 radical (unpaired) electrons. The second-order valence-electron chi connectivity index (χ2n) is 5.45. The molecule has 2 N–H and O–H groups in total. The molecule has 0 aliphatic rings. The van der Waals surface area contributed by atoms with E-state index in [9.17, 15) is 4.79 Å². The summed E-state index contributed by atoms with van der Waals surface area (Å²) in [6, 6.07) is 17.1. The maximum absolute atomic E-state index is 12.0. The lowest BCUT2D eigenvalue weighted by atomic mass is 10.0. The molecule has 0 saturated carbocycles. The molecule has 0 spiro atoms. The number of hydrogen-bond donors (Lipinski definition) is 2. The van der Waals surface area contributed by atoms with Gasteiger partial charge in [-0.3, -0.25) is 0 Å². The highest BCUT2D eigenvalue weighted by Crippen LogP contribution is 2.14. The lowest BCUT2D eigenvalue weighted by Crippen LogP contribution is -2.31. The Morgan fingerprint density at radius 2 is 1.88 bits per heavy atom. The Morgan fingerprint density at radius 3 is 2.54 bits per heavy atom. The Morgan fingerprint density at radius 1 is 1.12 bits per heavy atom. The monoisotopic (exact) mass is 322 g/mol. The van der Waals surface area contributed by atoms with Crippen LogP contribution in [0.5, 0.6) is 0 Å². The summed E-state index contributed by atoms with van der Waals surface area (Å²) >= 11 is 0. The predicted molar refractivity (Wildman–Crippen MR) is 91.0 cm³/mol. The molecule has 122 valence electrons. The number of tetrazole rings is 1. The number of carbonyl (C=O) groups excluding carboxylic acids is 1. The highest BCUT2D eigenvalue weighted by molar-refractivity contribution is 5.89. The van der Waals surface area contributed by atoms with E-state index in [4.69, 9.17) is 0 Å². The van der Waals surface area contributed by atoms with Crippen molar-refractivity contribution in [3.05, 3.63) is 66.5 Å². The van der Waals surface area contributed by atoms with E-state index in [1.54, 1.807) is 16.8 Å². The number of anilines is 1. The normalized spacial score (nSPS) is 11.7. The summed E-state index contributed by atoms with van der Waals surface area (Å²) in [7, 11) is 0. The maximum Gasteiger partial charge on any atom is 0.319 e. The molecule has 0 unspecified atom stereocenters. The third-order valence-corrected chi connectivity index (χ3v) is 3.68. The van der Waals surface area contributed by atoms with Crippen LogP contribution in [0, 0.1) is 0 Å². The van der Waals surface area contributed by atoms with E-state index in [0.29, 0.717) is 12.2 Å². The highest BCUT2D eigenvalue weighted by Gasteiger charge is 2.07. The van der Waals surface area contributed by atoms with E-state index in [1.807, 2.05) is 30.3 Å². The summed E-state index contributed by atoms with van der Waals surface area (Å²) in [5.74, 6) is 0.249. The lowest BCUT2D eigenvalue weighted by molar-refractivity contribution is 0.251. The summed E-state index contributed by atoms with van der Waals surface area (Å²) in [5.41, 5.74) is 2.73. The number of amides is 2. The van der Waals surface area contributed by atoms with Crippen molar-refractivity contribution >= 4 is 11.7 Å². The van der Waals surface area contributed by atoms with E-state index in [2.05, 4.69) is 45.2 Å². The van der Waals surface area contributed by atoms with Crippen LogP contribution < -0.4 is 10.6 Å². The standard InChI is InChI=1S/C17H18N6O/c1-13(14-5-3-2-4-6-14)11-18-17(24)20-15-7-9-16(10-8-15)23-12-19-21-22-23/h2-10,12-13H,11H2,1H3,(H2,18,20,24)/t13-/m1/s1. The number of benzene rings is 2. The Kier molecular flexibility index (Phi) is 4.81. The first kappa shape index (κ1) is 15.7. The fourth-order valence-electron chi connectivity index (χ4n) is 2.30. The van der Waals surface area contributed by atoms with Gasteiger partial charge in [0.1, 0.15) is 6.33 Å². The average Bonchev–Trinajstić information content (AvgIpc) is 3.16. The Balaban J connectivity index is 1.51. The van der Waals surface area contributed by atoms with Crippen molar-refractivity contribution in [2.24, 2.45) is 0 Å². The minimum Gasteiger partial charge on any atom is -0.337 e. The molecular formula is C17H18N6O. The summed E-state index contributed by atoms with van der Waals surface area (Å²) in [5, 5.41) is 16.7. The molecule has 1 heterocycles. The van der Waals surface area contributed by atoms with Gasteiger partial charge in [-0.25, -0.2) is 9.48 Å². The number of aromatic nitrogens is 4. The van der Waals surface area contributed by atoms with Crippen LogP contribution in [0.3, 0.4) is 0 Å². The van der Waals surface area contributed by atoms with Gasteiger partial charge in [0, 0.05) is 12.2 Å². The van der Waals surface area contributed by atoms with Crippen LogP contribution in [0.25, 0.3) is 5.69 Å². The first-order valence-corrected chi connectivity index (χ1v) is 7.65. The molecule has 2 amide bonds. The largest absolute Gasteiger partial charge is 0.337 e. The quantitative estimate of drug-likeness (QED) is 0.756. The topological polar surface area (TPSA) is 84.7 Å². The van der Waals surface area contributed by atoms with Crippen LogP contribution in [0.4, 0.5) is 10.5 Å². The highest BCUT2D eigenvalue weighted by atomic mass is 16.2. The van der Waals surface area contributed by atoms with Crippen molar-refractivity contribution in [3.63, 3.8) is 0 Å². The van der Waals surface area contributed by atoms with Gasteiger partial charge in [0.25, 0.3) is 0 Å². The Labute approximate surface area is 139 Å². The summed E-state index contributed by atoms with van der Waals surface area (Å²) in [6.07, 6.45) is 1.51. The third-order valence-electron chi connectivity index (χ3n) is 3.68. The first-order valence-electron chi connectivity index (χ1n) is 7.65. The van der Waals surface area contributed by atoms with Gasteiger partial charge in [0.2, 0.25) is 0 Å². The summed E-state index contributed by atoms with van der Waals surface area (Å²) in [6.45, 7) is 2.65. The Bertz CT molecular complexity index is 771. The molecule has 7 nitrogen and oxygen atoms in total. The molecule has 0 aliphatic carbocycles. The SMILES string of the molecule is C[C@H](CNC(=O)Nc1ccc(-n2cnnn2)cc1)c1ccccc1. The fourth-order valence-corrected chi connectivity index (χ4v) is 2.30. The van der Waals surface area contributed by atoms with Gasteiger partial charge in [-0.1, -0.05) is 37.3 Å². The molecule has 24 heavy (non-hydrogen) atoms. The number of hydrogen-bond acceptors (Lipinski definition) is 4. The molecule has 1 aromatic heterocycles. The zero-order chi connectivity index (χ0) is 16.8. The number of carbonyl (C=O) groups is 1. The molecular weight excluding hydrogens is 304 g/mol. The average molecular weight is 322 g/mol. The van der Waals surface area contributed by atoms with Crippen molar-refractivity contribution in [2.75, 3.05) is 11.9 Å². The number of urea groups is 1. The number of rotatable bonds is 5. The number of nitrogens with zero attached hydrogens (tertiary/aromatic N) is 4. The van der Waals surface area contributed by atoms with Gasteiger partial charge in [-0.05, 0) is 46.2 Å². The van der Waals surface area contributed by atoms with Gasteiger partial charge in [0.15, 0.2) is 0 Å². The van der Waals surface area contributed by atoms with Crippen LogP contribution in [0.2, 0.25) is 0 Å². The molecule has 0 bridgehead atoms. The van der Waals surface area contributed by atoms with Crippen molar-refractivity contribution in [1.29, 1.82) is 0 Å². The molecule has 2 aromatic carbocycles. The molecule has 3 rings (SSSR count). The minimum absolute atomic E-state index is 0.229. The first-order chi connectivity index (χ1) is 11.7. The molecule has 3 aromatic rings. The van der Waals surface area contributed by atoms with E-state index >= 15 is 0 Å². The lowest BCUT2D eigenvalue weighted by Gasteiger charge is -2.13. The van der Waals surface area contributed by atoms with Crippen molar-refractivity contribution in [1.82, 2.24) is 25.5 Å². The van der Waals surface area contributed by atoms with Crippen LogP contribution in [-0.4, -0.2) is 32.8 Å². The van der Waals surface area contributed by atoms with E-state index in [-0.39, 0.29) is 11.9 Å². The summed E-state index contributed by atoms with van der Waals surface area (Å²) < 4.78 is 1.55.